The van der Waals surface area contributed by atoms with Crippen molar-refractivity contribution in [3.05, 3.63) is 50.6 Å². The van der Waals surface area contributed by atoms with E-state index in [2.05, 4.69) is 10.00 Å². The summed E-state index contributed by atoms with van der Waals surface area (Å²) < 4.78 is 15.1. The molecule has 0 saturated carbocycles. The van der Waals surface area contributed by atoms with Crippen LogP contribution in [0.2, 0.25) is 0 Å². The molecule has 0 radical (unpaired) electrons. The van der Waals surface area contributed by atoms with Gasteiger partial charge in [-0.1, -0.05) is 6.07 Å². The number of amides is 1. The van der Waals surface area contributed by atoms with Crippen molar-refractivity contribution in [3.63, 3.8) is 0 Å². The predicted molar refractivity (Wildman–Crippen MR) is 94.5 cm³/mol. The Labute approximate surface area is 149 Å². The van der Waals surface area contributed by atoms with Gasteiger partial charge in [-0.25, -0.2) is 9.07 Å². The third-order valence-corrected chi connectivity index (χ3v) is 5.29. The molecule has 134 valence electrons. The molecule has 0 unspecified atom stereocenters. The molecule has 1 aliphatic heterocycles. The molecular weight excluding hydrogens is 343 g/mol. The molecule has 2 atom stereocenters. The van der Waals surface area contributed by atoms with E-state index >= 15 is 0 Å². The molecule has 3 rings (SSSR count). The van der Waals surface area contributed by atoms with E-state index in [4.69, 9.17) is 0 Å². The highest BCUT2D eigenvalue weighted by atomic mass is 32.1. The van der Waals surface area contributed by atoms with Gasteiger partial charge >= 0.3 is 0 Å². The molecule has 0 bridgehead atoms. The summed E-state index contributed by atoms with van der Waals surface area (Å²) in [6.07, 6.45) is -0.451. The topological polar surface area (TPSA) is 58.4 Å². The molecule has 6 nitrogen and oxygen atoms in total. The lowest BCUT2D eigenvalue weighted by atomic mass is 10.2. The van der Waals surface area contributed by atoms with Crippen molar-refractivity contribution in [2.45, 2.75) is 25.2 Å². The van der Waals surface area contributed by atoms with Gasteiger partial charge in [-0.3, -0.25) is 14.5 Å². The number of nitrogens with zero attached hydrogens (tertiary/aromatic N) is 4. The standard InChI is InChI=1S/C17H21FN4O2S/c1-20(17(24)15-5-6-16(23)21(2)19-15)10-13-8-12(18)9-22(13)11-14-4-3-7-25-14/h3-7,12-13H,8-11H2,1-2H3/t12-,13-/m0/s1. The summed E-state index contributed by atoms with van der Waals surface area (Å²) in [5, 5.41) is 6.00. The van der Waals surface area contributed by atoms with Crippen LogP contribution in [0.1, 0.15) is 21.8 Å². The Morgan fingerprint density at radius 2 is 2.24 bits per heavy atom. The second kappa shape index (κ2) is 7.45. The molecule has 1 fully saturated rings. The number of carbonyl (C=O) groups excluding carboxylic acids is 1. The van der Waals surface area contributed by atoms with Crippen molar-refractivity contribution in [2.24, 2.45) is 7.05 Å². The van der Waals surface area contributed by atoms with Crippen molar-refractivity contribution < 1.29 is 9.18 Å². The van der Waals surface area contributed by atoms with Crippen LogP contribution in [0.3, 0.4) is 0 Å². The molecule has 3 heterocycles. The van der Waals surface area contributed by atoms with Crippen LogP contribution in [-0.2, 0) is 13.6 Å². The maximum Gasteiger partial charge on any atom is 0.274 e. The van der Waals surface area contributed by atoms with E-state index in [1.165, 1.54) is 24.1 Å². The average Bonchev–Trinajstić information content (AvgIpc) is 3.19. The molecule has 1 amide bonds. The van der Waals surface area contributed by atoms with Gasteiger partial charge in [-0.15, -0.1) is 11.3 Å². The number of hydrogen-bond donors (Lipinski definition) is 0. The fourth-order valence-electron chi connectivity index (χ4n) is 3.12. The fourth-order valence-corrected chi connectivity index (χ4v) is 3.85. The molecular formula is C17H21FN4O2S. The summed E-state index contributed by atoms with van der Waals surface area (Å²) in [6, 6.07) is 6.75. The number of halogens is 1. The average molecular weight is 364 g/mol. The van der Waals surface area contributed by atoms with E-state index < -0.39 is 6.17 Å². The molecule has 2 aromatic heterocycles. The van der Waals surface area contributed by atoms with Crippen LogP contribution in [0, 0.1) is 0 Å². The molecule has 0 aromatic carbocycles. The number of rotatable bonds is 5. The summed E-state index contributed by atoms with van der Waals surface area (Å²) in [5.74, 6) is -0.269. The van der Waals surface area contributed by atoms with Crippen LogP contribution in [0.15, 0.2) is 34.4 Å². The van der Waals surface area contributed by atoms with Gasteiger partial charge in [0, 0.05) is 50.7 Å². The first kappa shape index (κ1) is 17.8. The lowest BCUT2D eigenvalue weighted by Crippen LogP contribution is -2.41. The summed E-state index contributed by atoms with van der Waals surface area (Å²) in [5.41, 5.74) is -0.0541. The Hall–Kier alpha value is -2.06. The van der Waals surface area contributed by atoms with E-state index in [9.17, 15) is 14.0 Å². The zero-order chi connectivity index (χ0) is 18.0. The van der Waals surface area contributed by atoms with E-state index in [-0.39, 0.29) is 23.2 Å². The number of aryl methyl sites for hydroxylation is 1. The Morgan fingerprint density at radius 3 is 2.92 bits per heavy atom. The van der Waals surface area contributed by atoms with Gasteiger partial charge < -0.3 is 4.90 Å². The number of thiophene rings is 1. The number of carbonyl (C=O) groups is 1. The second-order valence-electron chi connectivity index (χ2n) is 6.36. The van der Waals surface area contributed by atoms with Crippen molar-refractivity contribution in [3.8, 4) is 0 Å². The van der Waals surface area contributed by atoms with Crippen molar-refractivity contribution >= 4 is 17.2 Å². The Kier molecular flexibility index (Phi) is 5.29. The number of hydrogen-bond acceptors (Lipinski definition) is 5. The van der Waals surface area contributed by atoms with Crippen LogP contribution in [0.4, 0.5) is 4.39 Å². The van der Waals surface area contributed by atoms with Gasteiger partial charge in [0.2, 0.25) is 0 Å². The van der Waals surface area contributed by atoms with Gasteiger partial charge in [-0.05, 0) is 23.9 Å². The summed E-state index contributed by atoms with van der Waals surface area (Å²) >= 11 is 1.65. The van der Waals surface area contributed by atoms with Crippen LogP contribution in [0.5, 0.6) is 0 Å². The number of likely N-dealkylation sites (tertiary alicyclic amines) is 1. The van der Waals surface area contributed by atoms with Crippen molar-refractivity contribution in [1.82, 2.24) is 19.6 Å². The molecule has 1 aliphatic rings. The lowest BCUT2D eigenvalue weighted by molar-refractivity contribution is 0.0742. The van der Waals surface area contributed by atoms with Gasteiger partial charge in [0.1, 0.15) is 11.9 Å². The van der Waals surface area contributed by atoms with E-state index in [1.54, 1.807) is 23.3 Å². The molecule has 0 spiro atoms. The summed E-state index contributed by atoms with van der Waals surface area (Å²) in [6.45, 7) is 1.51. The SMILES string of the molecule is CN(C[C@@H]1C[C@H](F)CN1Cc1cccs1)C(=O)c1ccc(=O)n(C)n1. The third kappa shape index (κ3) is 4.13. The molecule has 1 saturated heterocycles. The monoisotopic (exact) mass is 364 g/mol. The highest BCUT2D eigenvalue weighted by Gasteiger charge is 2.33. The highest BCUT2D eigenvalue weighted by molar-refractivity contribution is 7.09. The zero-order valence-electron chi connectivity index (χ0n) is 14.3. The summed E-state index contributed by atoms with van der Waals surface area (Å²) in [7, 11) is 3.19. The van der Waals surface area contributed by atoms with E-state index in [0.717, 1.165) is 4.68 Å². The first-order valence-corrected chi connectivity index (χ1v) is 9.02. The maximum atomic E-state index is 13.9. The van der Waals surface area contributed by atoms with Gasteiger partial charge in [-0.2, -0.15) is 5.10 Å². The molecule has 25 heavy (non-hydrogen) atoms. The number of likely N-dealkylation sites (N-methyl/N-ethyl adjacent to an activating group) is 1. The molecule has 0 N–H and O–H groups in total. The maximum absolute atomic E-state index is 13.9. The Bertz CT molecular complexity index is 792. The van der Waals surface area contributed by atoms with Crippen LogP contribution in [-0.4, -0.2) is 57.8 Å². The Morgan fingerprint density at radius 1 is 1.44 bits per heavy atom. The number of alkyl halides is 1. The lowest BCUT2D eigenvalue weighted by Gasteiger charge is -2.28. The molecule has 0 aliphatic carbocycles. The normalized spacial score (nSPS) is 20.8. The first-order chi connectivity index (χ1) is 11.9. The number of aromatic nitrogens is 2. The zero-order valence-corrected chi connectivity index (χ0v) is 15.1. The minimum Gasteiger partial charge on any atom is -0.339 e. The van der Waals surface area contributed by atoms with E-state index in [1.807, 2.05) is 17.5 Å². The van der Waals surface area contributed by atoms with E-state index in [0.29, 0.717) is 26.1 Å². The smallest absolute Gasteiger partial charge is 0.274 e. The van der Waals surface area contributed by atoms with Crippen molar-refractivity contribution in [1.29, 1.82) is 0 Å². The molecule has 8 heteroatoms. The Balaban J connectivity index is 1.67. The minimum atomic E-state index is -0.871. The third-order valence-electron chi connectivity index (χ3n) is 4.43. The van der Waals surface area contributed by atoms with Gasteiger partial charge in [0.05, 0.1) is 0 Å². The van der Waals surface area contributed by atoms with Crippen LogP contribution in [0.25, 0.3) is 0 Å². The quantitative estimate of drug-likeness (QED) is 0.807. The van der Waals surface area contributed by atoms with Crippen LogP contribution >= 0.6 is 11.3 Å². The van der Waals surface area contributed by atoms with Crippen molar-refractivity contribution in [2.75, 3.05) is 20.1 Å². The predicted octanol–water partition coefficient (Wildman–Crippen LogP) is 1.53. The van der Waals surface area contributed by atoms with Crippen LogP contribution < -0.4 is 5.56 Å². The second-order valence-corrected chi connectivity index (χ2v) is 7.39. The first-order valence-electron chi connectivity index (χ1n) is 8.14. The van der Waals surface area contributed by atoms with Gasteiger partial charge in [0.15, 0.2) is 0 Å². The minimum absolute atomic E-state index is 0.0291. The molecule has 2 aromatic rings. The largest absolute Gasteiger partial charge is 0.339 e. The fraction of sp³-hybridized carbons (Fsp3) is 0.471. The highest BCUT2D eigenvalue weighted by Crippen LogP contribution is 2.25. The summed E-state index contributed by atoms with van der Waals surface area (Å²) in [4.78, 5) is 28.8. The van der Waals surface area contributed by atoms with Gasteiger partial charge in [0.25, 0.3) is 11.5 Å².